The number of hydrogen-bond donors (Lipinski definition) is 3. The summed E-state index contributed by atoms with van der Waals surface area (Å²) in [6.07, 6.45) is 0. The van der Waals surface area contributed by atoms with Crippen LogP contribution in [0.3, 0.4) is 0 Å². The molecular weight excluding hydrogens is 124 g/mol. The maximum atomic E-state index is 10.4. The van der Waals surface area contributed by atoms with E-state index in [1.54, 1.807) is 0 Å². The first-order valence-corrected chi connectivity index (χ1v) is 2.45. The Kier molecular flexibility index (Phi) is 3.94. The lowest BCUT2D eigenvalue weighted by molar-refractivity contribution is -0.147. The number of carbonyl (C=O) groups is 1. The van der Waals surface area contributed by atoms with Crippen LogP contribution in [0.25, 0.3) is 0 Å². The molecule has 1 atom stereocenters. The zero-order valence-corrected chi connectivity index (χ0v) is 5.13. The Bertz CT molecular complexity index is 91.8. The Labute approximate surface area is 52.7 Å². The third-order valence-corrected chi connectivity index (χ3v) is 0.932. The van der Waals surface area contributed by atoms with Crippen LogP contribution in [0.1, 0.15) is 0 Å². The van der Waals surface area contributed by atoms with Gasteiger partial charge >= 0.3 is 5.97 Å². The molecule has 0 aliphatic carbocycles. The third-order valence-electron chi connectivity index (χ3n) is 0.932. The molecule has 0 heterocycles. The fourth-order valence-corrected chi connectivity index (χ4v) is 0.366. The highest BCUT2D eigenvalue weighted by Crippen LogP contribution is 1.81. The van der Waals surface area contributed by atoms with Crippen molar-refractivity contribution in [2.45, 2.75) is 6.04 Å². The number of aliphatic hydroxyl groups is 1. The van der Waals surface area contributed by atoms with E-state index >= 15 is 0 Å². The molecule has 5 nitrogen and oxygen atoms in total. The van der Waals surface area contributed by atoms with Crippen LogP contribution in [0.15, 0.2) is 0 Å². The molecule has 0 unspecified atom stereocenters. The maximum absolute atomic E-state index is 10.4. The lowest BCUT2D eigenvalue weighted by Gasteiger charge is -2.07. The normalized spacial score (nSPS) is 12.8. The molecule has 0 aromatic heterocycles. The Hall–Kier alpha value is -0.650. The molecule has 0 fully saturated rings. The molecule has 0 aliphatic rings. The van der Waals surface area contributed by atoms with Gasteiger partial charge in [0.05, 0.1) is 6.61 Å². The van der Waals surface area contributed by atoms with E-state index in [-0.39, 0.29) is 6.61 Å². The molecule has 0 aromatic carbocycles. The van der Waals surface area contributed by atoms with Crippen molar-refractivity contribution in [2.24, 2.45) is 5.90 Å². The second-order valence-corrected chi connectivity index (χ2v) is 1.46. The highest BCUT2D eigenvalue weighted by molar-refractivity contribution is 5.75. The van der Waals surface area contributed by atoms with Crippen molar-refractivity contribution >= 4 is 5.97 Å². The highest BCUT2D eigenvalue weighted by atomic mass is 16.7. The van der Waals surface area contributed by atoms with Crippen molar-refractivity contribution in [3.05, 3.63) is 0 Å². The maximum Gasteiger partial charge on any atom is 0.343 e. The molecule has 0 bridgehead atoms. The van der Waals surface area contributed by atoms with Crippen molar-refractivity contribution in [1.82, 2.24) is 5.32 Å². The second-order valence-electron chi connectivity index (χ2n) is 1.46. The molecule has 4 N–H and O–H groups in total. The number of likely N-dealkylation sites (N-methyl/N-ethyl adjacent to an activating group) is 1. The lowest BCUT2D eigenvalue weighted by atomic mass is 10.3. The monoisotopic (exact) mass is 134 g/mol. The number of nitrogens with one attached hydrogen (secondary N) is 1. The Morgan fingerprint density at radius 3 is 2.67 bits per heavy atom. The molecule has 5 heteroatoms. The predicted octanol–water partition coefficient (Wildman–Crippen LogP) is -2.02. The largest absolute Gasteiger partial charge is 0.394 e. The van der Waals surface area contributed by atoms with Gasteiger partial charge in [-0.15, -0.1) is 0 Å². The first-order valence-electron chi connectivity index (χ1n) is 2.45. The van der Waals surface area contributed by atoms with Gasteiger partial charge in [-0.25, -0.2) is 4.79 Å². The van der Waals surface area contributed by atoms with Gasteiger partial charge in [0, 0.05) is 0 Å². The van der Waals surface area contributed by atoms with Gasteiger partial charge < -0.3 is 15.3 Å². The van der Waals surface area contributed by atoms with Crippen molar-refractivity contribution in [2.75, 3.05) is 13.7 Å². The first kappa shape index (κ1) is 8.35. The number of aliphatic hydroxyl groups excluding tert-OH is 1. The summed E-state index contributed by atoms with van der Waals surface area (Å²) in [6, 6.07) is -0.713. The van der Waals surface area contributed by atoms with Crippen LogP contribution >= 0.6 is 0 Å². The number of nitrogens with two attached hydrogens (primary N) is 1. The summed E-state index contributed by atoms with van der Waals surface area (Å²) in [6.45, 7) is -0.313. The fraction of sp³-hybridized carbons (Fsp3) is 0.750. The minimum atomic E-state index is -0.713. The van der Waals surface area contributed by atoms with E-state index in [0.29, 0.717) is 0 Å². The standard InChI is InChI=1S/C4H10N2O3/c1-6-3(2-7)4(8)9-5/h3,6-7H,2,5H2,1H3/t3-/m0/s1. The Morgan fingerprint density at radius 1 is 2.00 bits per heavy atom. The molecule has 0 saturated heterocycles. The Morgan fingerprint density at radius 2 is 2.56 bits per heavy atom. The molecule has 0 amide bonds. The van der Waals surface area contributed by atoms with Crippen LogP contribution in [0.5, 0.6) is 0 Å². The van der Waals surface area contributed by atoms with Gasteiger partial charge in [-0.05, 0) is 7.05 Å². The third kappa shape index (κ3) is 2.41. The molecule has 0 saturated carbocycles. The van der Waals surface area contributed by atoms with E-state index in [0.717, 1.165) is 0 Å². The van der Waals surface area contributed by atoms with Crippen molar-refractivity contribution in [3.8, 4) is 0 Å². The lowest BCUT2D eigenvalue weighted by Crippen LogP contribution is -2.39. The summed E-state index contributed by atoms with van der Waals surface area (Å²) in [5.74, 6) is 3.86. The van der Waals surface area contributed by atoms with Crippen LogP contribution in [0, 0.1) is 0 Å². The first-order chi connectivity index (χ1) is 4.26. The number of rotatable bonds is 3. The second kappa shape index (κ2) is 4.25. The van der Waals surface area contributed by atoms with E-state index in [2.05, 4.69) is 16.1 Å². The van der Waals surface area contributed by atoms with Crippen LogP contribution < -0.4 is 11.2 Å². The van der Waals surface area contributed by atoms with E-state index in [1.807, 2.05) is 0 Å². The summed E-state index contributed by atoms with van der Waals surface area (Å²) in [7, 11) is 1.53. The summed E-state index contributed by atoms with van der Waals surface area (Å²) < 4.78 is 0. The van der Waals surface area contributed by atoms with Gasteiger partial charge in [0.15, 0.2) is 0 Å². The zero-order chi connectivity index (χ0) is 7.28. The Balaban J connectivity index is 3.64. The van der Waals surface area contributed by atoms with Crippen LogP contribution in [-0.4, -0.2) is 30.8 Å². The number of carbonyl (C=O) groups excluding carboxylic acids is 1. The minimum Gasteiger partial charge on any atom is -0.394 e. The average Bonchev–Trinajstić information content (AvgIpc) is 1.90. The van der Waals surface area contributed by atoms with E-state index in [9.17, 15) is 4.79 Å². The van der Waals surface area contributed by atoms with Crippen molar-refractivity contribution in [3.63, 3.8) is 0 Å². The quantitative estimate of drug-likeness (QED) is 0.388. The predicted molar refractivity (Wildman–Crippen MR) is 30.2 cm³/mol. The molecular formula is C4H10N2O3. The van der Waals surface area contributed by atoms with Gasteiger partial charge in [-0.3, -0.25) is 0 Å². The minimum absolute atomic E-state index is 0.313. The van der Waals surface area contributed by atoms with Gasteiger partial charge in [0.1, 0.15) is 6.04 Å². The summed E-state index contributed by atoms with van der Waals surface area (Å²) in [5.41, 5.74) is 0. The SMILES string of the molecule is CN[C@@H](CO)C(=O)ON. The highest BCUT2D eigenvalue weighted by Gasteiger charge is 2.14. The zero-order valence-electron chi connectivity index (χ0n) is 5.13. The molecule has 0 aromatic rings. The van der Waals surface area contributed by atoms with Gasteiger partial charge in [0.2, 0.25) is 0 Å². The molecule has 0 spiro atoms. The smallest absolute Gasteiger partial charge is 0.343 e. The van der Waals surface area contributed by atoms with Crippen molar-refractivity contribution < 1.29 is 14.7 Å². The van der Waals surface area contributed by atoms with Gasteiger partial charge in [0.25, 0.3) is 0 Å². The van der Waals surface area contributed by atoms with Crippen LogP contribution in [-0.2, 0) is 9.63 Å². The topological polar surface area (TPSA) is 84.6 Å². The molecule has 0 radical (unpaired) electrons. The molecule has 0 aliphatic heterocycles. The summed E-state index contributed by atoms with van der Waals surface area (Å²) in [4.78, 5) is 14.2. The molecule has 0 rings (SSSR count). The number of hydrogen-bond acceptors (Lipinski definition) is 5. The van der Waals surface area contributed by atoms with Crippen LogP contribution in [0.4, 0.5) is 0 Å². The summed E-state index contributed by atoms with van der Waals surface area (Å²) >= 11 is 0. The molecule has 54 valence electrons. The average molecular weight is 134 g/mol. The van der Waals surface area contributed by atoms with E-state index in [4.69, 9.17) is 5.11 Å². The van der Waals surface area contributed by atoms with Gasteiger partial charge in [-0.2, -0.15) is 5.90 Å². The fourth-order valence-electron chi connectivity index (χ4n) is 0.366. The molecule has 9 heavy (non-hydrogen) atoms. The van der Waals surface area contributed by atoms with Crippen molar-refractivity contribution in [1.29, 1.82) is 0 Å². The van der Waals surface area contributed by atoms with E-state index in [1.165, 1.54) is 7.05 Å². The van der Waals surface area contributed by atoms with E-state index < -0.39 is 12.0 Å². The van der Waals surface area contributed by atoms with Gasteiger partial charge in [-0.1, -0.05) is 0 Å². The summed E-state index contributed by atoms with van der Waals surface area (Å²) in [5, 5.41) is 10.9. The van der Waals surface area contributed by atoms with Crippen LogP contribution in [0.2, 0.25) is 0 Å².